The second kappa shape index (κ2) is 6.49. The summed E-state index contributed by atoms with van der Waals surface area (Å²) in [5, 5.41) is 0. The number of nitrogens with zero attached hydrogens (tertiary/aromatic N) is 3. The van der Waals surface area contributed by atoms with Gasteiger partial charge in [0.1, 0.15) is 6.10 Å². The zero-order valence-electron chi connectivity index (χ0n) is 14.0. The van der Waals surface area contributed by atoms with Crippen molar-refractivity contribution in [3.8, 4) is 6.01 Å². The summed E-state index contributed by atoms with van der Waals surface area (Å²) in [6.45, 7) is 5.85. The molecule has 0 N–H and O–H groups in total. The number of benzene rings is 1. The lowest BCUT2D eigenvalue weighted by Crippen LogP contribution is -2.65. The van der Waals surface area contributed by atoms with Crippen LogP contribution in [0.25, 0.3) is 0 Å². The van der Waals surface area contributed by atoms with Crippen molar-refractivity contribution in [2.75, 3.05) is 19.7 Å². The average molecular weight is 325 g/mol. The Morgan fingerprint density at radius 2 is 2.00 bits per heavy atom. The number of likely N-dealkylation sites (tertiary alicyclic amines) is 1. The summed E-state index contributed by atoms with van der Waals surface area (Å²) in [5.74, 6) is 0. The van der Waals surface area contributed by atoms with Crippen molar-refractivity contribution < 1.29 is 9.47 Å². The molecule has 5 heteroatoms. The number of rotatable bonds is 4. The largest absolute Gasteiger partial charge is 0.460 e. The van der Waals surface area contributed by atoms with Crippen molar-refractivity contribution in [2.45, 2.75) is 38.0 Å². The molecule has 5 nitrogen and oxygen atoms in total. The van der Waals surface area contributed by atoms with Crippen molar-refractivity contribution in [3.05, 3.63) is 53.9 Å². The Balaban J connectivity index is 1.33. The van der Waals surface area contributed by atoms with Gasteiger partial charge in [-0.2, -0.15) is 0 Å². The molecule has 0 saturated carbocycles. The maximum absolute atomic E-state index is 6.11. The lowest BCUT2D eigenvalue weighted by molar-refractivity contribution is -0.188. The molecule has 24 heavy (non-hydrogen) atoms. The fraction of sp³-hybridized carbons (Fsp3) is 0.474. The molecule has 2 aromatic rings. The minimum atomic E-state index is -0.0552. The molecule has 1 spiro atoms. The van der Waals surface area contributed by atoms with Crippen LogP contribution in [0.1, 0.15) is 24.0 Å². The lowest BCUT2D eigenvalue weighted by atomic mass is 9.84. The minimum absolute atomic E-state index is 0.0552. The standard InChI is InChI=1S/C19H23N3O2/c1-15-5-2-3-6-16(15)12-22-13-19(14-22)11-17(7-10-23-19)24-18-20-8-4-9-21-18/h2-6,8-9,17H,7,10-14H2,1H3. The highest BCUT2D eigenvalue weighted by Gasteiger charge is 2.48. The van der Waals surface area contributed by atoms with E-state index in [1.165, 1.54) is 11.1 Å². The fourth-order valence-electron chi connectivity index (χ4n) is 3.71. The molecule has 3 heterocycles. The number of hydrogen-bond acceptors (Lipinski definition) is 5. The van der Waals surface area contributed by atoms with Gasteiger partial charge in [0.15, 0.2) is 0 Å². The molecule has 2 aliphatic rings. The molecule has 0 bridgehead atoms. The van der Waals surface area contributed by atoms with Gasteiger partial charge in [-0.25, -0.2) is 9.97 Å². The van der Waals surface area contributed by atoms with E-state index in [4.69, 9.17) is 9.47 Å². The Morgan fingerprint density at radius 3 is 2.79 bits per heavy atom. The first-order valence-corrected chi connectivity index (χ1v) is 8.57. The van der Waals surface area contributed by atoms with Gasteiger partial charge < -0.3 is 9.47 Å². The van der Waals surface area contributed by atoms with Crippen LogP contribution in [-0.4, -0.2) is 46.3 Å². The Hall–Kier alpha value is -1.98. The third-order valence-electron chi connectivity index (χ3n) is 4.94. The number of ether oxygens (including phenoxy) is 2. The zero-order valence-corrected chi connectivity index (χ0v) is 14.0. The van der Waals surface area contributed by atoms with E-state index in [0.29, 0.717) is 6.01 Å². The molecule has 2 aliphatic heterocycles. The molecule has 126 valence electrons. The van der Waals surface area contributed by atoms with Crippen molar-refractivity contribution in [3.63, 3.8) is 0 Å². The summed E-state index contributed by atoms with van der Waals surface area (Å²) in [5.41, 5.74) is 2.69. The second-order valence-corrected chi connectivity index (χ2v) is 6.87. The van der Waals surface area contributed by atoms with Gasteiger partial charge in [-0.1, -0.05) is 24.3 Å². The Morgan fingerprint density at radius 1 is 1.21 bits per heavy atom. The lowest BCUT2D eigenvalue weighted by Gasteiger charge is -2.53. The quantitative estimate of drug-likeness (QED) is 0.865. The van der Waals surface area contributed by atoms with Gasteiger partial charge in [0, 0.05) is 44.9 Å². The molecular weight excluding hydrogens is 302 g/mol. The van der Waals surface area contributed by atoms with Gasteiger partial charge in [0.05, 0.1) is 12.2 Å². The molecule has 1 unspecified atom stereocenters. The summed E-state index contributed by atoms with van der Waals surface area (Å²) in [4.78, 5) is 10.8. The zero-order chi connectivity index (χ0) is 16.4. The van der Waals surface area contributed by atoms with E-state index in [1.807, 2.05) is 0 Å². The molecule has 2 fully saturated rings. The molecule has 0 aliphatic carbocycles. The van der Waals surface area contributed by atoms with Gasteiger partial charge in [0.25, 0.3) is 0 Å². The van der Waals surface area contributed by atoms with E-state index >= 15 is 0 Å². The third-order valence-corrected chi connectivity index (χ3v) is 4.94. The minimum Gasteiger partial charge on any atom is -0.460 e. The maximum atomic E-state index is 6.11. The molecule has 1 aromatic carbocycles. The first-order chi connectivity index (χ1) is 11.7. The molecule has 1 atom stereocenters. The summed E-state index contributed by atoms with van der Waals surface area (Å²) in [6, 6.07) is 10.9. The first-order valence-electron chi connectivity index (χ1n) is 8.57. The molecule has 0 radical (unpaired) electrons. The van der Waals surface area contributed by atoms with E-state index in [2.05, 4.69) is 46.1 Å². The smallest absolute Gasteiger partial charge is 0.316 e. The molecular formula is C19H23N3O2. The fourth-order valence-corrected chi connectivity index (χ4v) is 3.71. The van der Waals surface area contributed by atoms with E-state index in [-0.39, 0.29) is 11.7 Å². The monoisotopic (exact) mass is 325 g/mol. The Kier molecular flexibility index (Phi) is 4.21. The van der Waals surface area contributed by atoms with E-state index in [9.17, 15) is 0 Å². The predicted octanol–water partition coefficient (Wildman–Crippen LogP) is 2.60. The number of aromatic nitrogens is 2. The number of aryl methyl sites for hydroxylation is 1. The van der Waals surface area contributed by atoms with Crippen LogP contribution in [0, 0.1) is 6.92 Å². The van der Waals surface area contributed by atoms with Crippen molar-refractivity contribution >= 4 is 0 Å². The number of hydrogen-bond donors (Lipinski definition) is 0. The highest BCUT2D eigenvalue weighted by molar-refractivity contribution is 5.26. The third kappa shape index (κ3) is 3.28. The van der Waals surface area contributed by atoms with Gasteiger partial charge in [-0.3, -0.25) is 4.90 Å². The van der Waals surface area contributed by atoms with Gasteiger partial charge in [0.2, 0.25) is 0 Å². The van der Waals surface area contributed by atoms with Crippen LogP contribution in [-0.2, 0) is 11.3 Å². The van der Waals surface area contributed by atoms with Crippen LogP contribution in [0.5, 0.6) is 6.01 Å². The van der Waals surface area contributed by atoms with E-state index < -0.39 is 0 Å². The maximum Gasteiger partial charge on any atom is 0.316 e. The van der Waals surface area contributed by atoms with Crippen LogP contribution < -0.4 is 4.74 Å². The summed E-state index contributed by atoms with van der Waals surface area (Å²) in [7, 11) is 0. The van der Waals surface area contributed by atoms with Gasteiger partial charge in [-0.15, -0.1) is 0 Å². The summed E-state index contributed by atoms with van der Waals surface area (Å²) < 4.78 is 12.0. The summed E-state index contributed by atoms with van der Waals surface area (Å²) >= 11 is 0. The molecule has 0 amide bonds. The second-order valence-electron chi connectivity index (χ2n) is 6.87. The van der Waals surface area contributed by atoms with E-state index in [1.54, 1.807) is 18.5 Å². The highest BCUT2D eigenvalue weighted by Crippen LogP contribution is 2.36. The molecule has 4 rings (SSSR count). The Labute approximate surface area is 142 Å². The van der Waals surface area contributed by atoms with Crippen molar-refractivity contribution in [2.24, 2.45) is 0 Å². The predicted molar refractivity (Wildman–Crippen MR) is 90.8 cm³/mol. The first kappa shape index (κ1) is 15.5. The SMILES string of the molecule is Cc1ccccc1CN1CC2(CC(Oc3ncccn3)CCO2)C1. The molecule has 2 saturated heterocycles. The van der Waals surface area contributed by atoms with Gasteiger partial charge >= 0.3 is 6.01 Å². The van der Waals surface area contributed by atoms with Crippen LogP contribution in [0.2, 0.25) is 0 Å². The van der Waals surface area contributed by atoms with Crippen LogP contribution >= 0.6 is 0 Å². The van der Waals surface area contributed by atoms with Crippen LogP contribution in [0.4, 0.5) is 0 Å². The average Bonchev–Trinajstić information content (AvgIpc) is 2.57. The van der Waals surface area contributed by atoms with Crippen LogP contribution in [0.15, 0.2) is 42.7 Å². The summed E-state index contributed by atoms with van der Waals surface area (Å²) in [6.07, 6.45) is 5.38. The van der Waals surface area contributed by atoms with E-state index in [0.717, 1.165) is 39.1 Å². The molecule has 1 aromatic heterocycles. The van der Waals surface area contributed by atoms with Crippen LogP contribution in [0.3, 0.4) is 0 Å². The van der Waals surface area contributed by atoms with Crippen molar-refractivity contribution in [1.82, 2.24) is 14.9 Å². The highest BCUT2D eigenvalue weighted by atomic mass is 16.5. The van der Waals surface area contributed by atoms with Crippen molar-refractivity contribution in [1.29, 1.82) is 0 Å². The normalized spacial score (nSPS) is 23.0. The van der Waals surface area contributed by atoms with Gasteiger partial charge in [-0.05, 0) is 24.1 Å². The topological polar surface area (TPSA) is 47.5 Å². The Bertz CT molecular complexity index is 686.